The molecule has 0 spiro atoms. The Labute approximate surface area is 170 Å². The van der Waals surface area contributed by atoms with Crippen molar-refractivity contribution in [1.82, 2.24) is 20.5 Å². The molecule has 1 aliphatic heterocycles. The Morgan fingerprint density at radius 3 is 2.68 bits per heavy atom. The van der Waals surface area contributed by atoms with Crippen LogP contribution in [0.5, 0.6) is 0 Å². The lowest BCUT2D eigenvalue weighted by atomic mass is 9.86. The number of nitrogens with zero attached hydrogens (tertiary/aromatic N) is 4. The Morgan fingerprint density at radius 1 is 1.14 bits per heavy atom. The van der Waals surface area contributed by atoms with Gasteiger partial charge < -0.3 is 20.4 Å². The van der Waals surface area contributed by atoms with Crippen molar-refractivity contribution in [1.29, 1.82) is 0 Å². The van der Waals surface area contributed by atoms with Gasteiger partial charge in [0.15, 0.2) is 5.96 Å². The molecule has 0 amide bonds. The van der Waals surface area contributed by atoms with E-state index >= 15 is 0 Å². The number of hydrogen-bond acceptors (Lipinski definition) is 4. The van der Waals surface area contributed by atoms with E-state index in [2.05, 4.69) is 43.5 Å². The lowest BCUT2D eigenvalue weighted by molar-refractivity contribution is 0.312. The molecule has 6 heteroatoms. The normalized spacial score (nSPS) is 19.6. The van der Waals surface area contributed by atoms with Crippen LogP contribution in [-0.2, 0) is 6.54 Å². The molecule has 3 rings (SSSR count). The molecule has 1 saturated carbocycles. The van der Waals surface area contributed by atoms with Crippen molar-refractivity contribution in [2.45, 2.75) is 51.5 Å². The average Bonchev–Trinajstić information content (AvgIpc) is 2.75. The highest BCUT2D eigenvalue weighted by molar-refractivity contribution is 5.79. The molecule has 2 N–H and O–H groups in total. The summed E-state index contributed by atoms with van der Waals surface area (Å²) >= 11 is 0. The maximum absolute atomic E-state index is 4.67. The summed E-state index contributed by atoms with van der Waals surface area (Å²) < 4.78 is 0. The zero-order chi connectivity index (χ0) is 19.6. The van der Waals surface area contributed by atoms with Crippen molar-refractivity contribution in [2.75, 3.05) is 51.7 Å². The van der Waals surface area contributed by atoms with E-state index in [9.17, 15) is 0 Å². The highest BCUT2D eigenvalue weighted by Crippen LogP contribution is 2.27. The number of hydrogen-bond donors (Lipinski definition) is 2. The monoisotopic (exact) mass is 386 g/mol. The van der Waals surface area contributed by atoms with Crippen LogP contribution in [0.1, 0.15) is 50.5 Å². The molecule has 0 unspecified atom stereocenters. The minimum absolute atomic E-state index is 0.748. The van der Waals surface area contributed by atoms with Crippen molar-refractivity contribution in [3.05, 3.63) is 23.9 Å². The van der Waals surface area contributed by atoms with Crippen molar-refractivity contribution in [2.24, 2.45) is 10.9 Å². The third kappa shape index (κ3) is 6.36. The van der Waals surface area contributed by atoms with Crippen LogP contribution in [0.15, 0.2) is 23.3 Å². The van der Waals surface area contributed by atoms with Gasteiger partial charge in [-0.1, -0.05) is 38.2 Å². The fourth-order valence-corrected chi connectivity index (χ4v) is 4.34. The van der Waals surface area contributed by atoms with Gasteiger partial charge in [-0.25, -0.2) is 4.98 Å². The number of piperazine rings is 1. The molecule has 1 aromatic heterocycles. The number of anilines is 1. The summed E-state index contributed by atoms with van der Waals surface area (Å²) in [7, 11) is 4.03. The van der Waals surface area contributed by atoms with E-state index in [0.717, 1.165) is 57.0 Å². The first-order valence-corrected chi connectivity index (χ1v) is 11.1. The van der Waals surface area contributed by atoms with Gasteiger partial charge in [0, 0.05) is 58.1 Å². The van der Waals surface area contributed by atoms with Crippen molar-refractivity contribution < 1.29 is 0 Å². The lowest BCUT2D eigenvalue weighted by Gasteiger charge is -2.34. The van der Waals surface area contributed by atoms with Gasteiger partial charge in [0.2, 0.25) is 0 Å². The molecule has 0 aromatic carbocycles. The fourth-order valence-electron chi connectivity index (χ4n) is 4.34. The minimum Gasteiger partial charge on any atom is -0.356 e. The van der Waals surface area contributed by atoms with Crippen LogP contribution in [0.2, 0.25) is 0 Å². The molecular weight excluding hydrogens is 348 g/mol. The van der Waals surface area contributed by atoms with Crippen LogP contribution in [0, 0.1) is 5.92 Å². The number of aromatic nitrogens is 1. The number of nitrogens with one attached hydrogen (secondary N) is 2. The zero-order valence-corrected chi connectivity index (χ0v) is 17.8. The van der Waals surface area contributed by atoms with Gasteiger partial charge in [-0.3, -0.25) is 4.99 Å². The first kappa shape index (κ1) is 20.9. The van der Waals surface area contributed by atoms with Crippen LogP contribution in [-0.4, -0.2) is 62.7 Å². The summed E-state index contributed by atoms with van der Waals surface area (Å²) in [6.45, 7) is 6.00. The molecule has 0 atom stereocenters. The van der Waals surface area contributed by atoms with E-state index in [-0.39, 0.29) is 0 Å². The Balaban J connectivity index is 1.43. The summed E-state index contributed by atoms with van der Waals surface area (Å²) in [6, 6.07) is 4.20. The molecule has 6 nitrogen and oxygen atoms in total. The fraction of sp³-hybridized carbons (Fsp3) is 0.727. The van der Waals surface area contributed by atoms with Crippen LogP contribution < -0.4 is 15.5 Å². The number of likely N-dealkylation sites (N-methyl/N-ethyl adjacent to an activating group) is 1. The van der Waals surface area contributed by atoms with E-state index in [1.54, 1.807) is 0 Å². The molecule has 0 radical (unpaired) electrons. The molecule has 2 fully saturated rings. The van der Waals surface area contributed by atoms with Crippen molar-refractivity contribution >= 4 is 11.8 Å². The van der Waals surface area contributed by atoms with Gasteiger partial charge in [0.25, 0.3) is 0 Å². The summed E-state index contributed by atoms with van der Waals surface area (Å²) in [5, 5.41) is 6.96. The standard InChI is InChI=1S/C22H38N6/c1-23-22(25-13-6-10-19-8-4-3-5-9-19)26-18-20-11-7-12-24-21(20)28-16-14-27(2)15-17-28/h7,11-12,19H,3-6,8-10,13-18H2,1-2H3,(H2,23,25,26). The van der Waals surface area contributed by atoms with Gasteiger partial charge in [-0.05, 0) is 31.9 Å². The Morgan fingerprint density at radius 2 is 1.93 bits per heavy atom. The second-order valence-corrected chi connectivity index (χ2v) is 8.28. The van der Waals surface area contributed by atoms with Crippen LogP contribution in [0.4, 0.5) is 5.82 Å². The summed E-state index contributed by atoms with van der Waals surface area (Å²) in [5.41, 5.74) is 1.23. The summed E-state index contributed by atoms with van der Waals surface area (Å²) in [5.74, 6) is 2.94. The van der Waals surface area contributed by atoms with E-state index in [4.69, 9.17) is 0 Å². The van der Waals surface area contributed by atoms with E-state index in [1.165, 1.54) is 50.5 Å². The number of aliphatic imine (C=N–C) groups is 1. The molecule has 1 aliphatic carbocycles. The second-order valence-electron chi connectivity index (χ2n) is 8.28. The van der Waals surface area contributed by atoms with Gasteiger partial charge in [0.05, 0.1) is 0 Å². The predicted octanol–water partition coefficient (Wildman–Crippen LogP) is 2.86. The van der Waals surface area contributed by atoms with Gasteiger partial charge >= 0.3 is 0 Å². The first-order chi connectivity index (χ1) is 13.8. The van der Waals surface area contributed by atoms with Crippen LogP contribution in [0.3, 0.4) is 0 Å². The average molecular weight is 387 g/mol. The molecular formula is C22H38N6. The van der Waals surface area contributed by atoms with Gasteiger partial charge in [-0.15, -0.1) is 0 Å². The first-order valence-electron chi connectivity index (χ1n) is 11.1. The smallest absolute Gasteiger partial charge is 0.191 e. The summed E-state index contributed by atoms with van der Waals surface area (Å²) in [4.78, 5) is 13.8. The zero-order valence-electron chi connectivity index (χ0n) is 17.8. The van der Waals surface area contributed by atoms with E-state index < -0.39 is 0 Å². The minimum atomic E-state index is 0.748. The molecule has 2 aliphatic rings. The van der Waals surface area contributed by atoms with Gasteiger partial charge in [-0.2, -0.15) is 0 Å². The topological polar surface area (TPSA) is 55.8 Å². The summed E-state index contributed by atoms with van der Waals surface area (Å²) in [6.07, 6.45) is 11.6. The van der Waals surface area contributed by atoms with Gasteiger partial charge in [0.1, 0.15) is 5.82 Å². The third-order valence-electron chi connectivity index (χ3n) is 6.15. The van der Waals surface area contributed by atoms with Crippen molar-refractivity contribution in [3.8, 4) is 0 Å². The van der Waals surface area contributed by atoms with E-state index in [0.29, 0.717) is 0 Å². The maximum atomic E-state index is 4.67. The largest absolute Gasteiger partial charge is 0.356 e. The predicted molar refractivity (Wildman–Crippen MR) is 118 cm³/mol. The number of rotatable bonds is 7. The Hall–Kier alpha value is -1.82. The SMILES string of the molecule is CN=C(NCCCC1CCCCC1)NCc1cccnc1N1CCN(C)CC1. The molecule has 1 saturated heterocycles. The molecule has 2 heterocycles. The molecule has 1 aromatic rings. The highest BCUT2D eigenvalue weighted by Gasteiger charge is 2.18. The molecule has 156 valence electrons. The quantitative estimate of drug-likeness (QED) is 0.429. The number of pyridine rings is 1. The van der Waals surface area contributed by atoms with E-state index in [1.807, 2.05) is 19.3 Å². The lowest BCUT2D eigenvalue weighted by Crippen LogP contribution is -2.45. The highest BCUT2D eigenvalue weighted by atomic mass is 15.3. The molecule has 28 heavy (non-hydrogen) atoms. The second kappa shape index (κ2) is 11.2. The third-order valence-corrected chi connectivity index (χ3v) is 6.15. The Kier molecular flexibility index (Phi) is 8.40. The van der Waals surface area contributed by atoms with Crippen LogP contribution >= 0.6 is 0 Å². The van der Waals surface area contributed by atoms with Crippen molar-refractivity contribution in [3.63, 3.8) is 0 Å². The molecule has 0 bridgehead atoms. The van der Waals surface area contributed by atoms with Crippen LogP contribution in [0.25, 0.3) is 0 Å². The maximum Gasteiger partial charge on any atom is 0.191 e. The Bertz CT molecular complexity index is 603. The number of guanidine groups is 1.